The highest BCUT2D eigenvalue weighted by Gasteiger charge is 2.53. The molecule has 1 aliphatic heterocycles. The Morgan fingerprint density at radius 3 is 2.19 bits per heavy atom. The van der Waals surface area contributed by atoms with Crippen LogP contribution in [0.5, 0.6) is 0 Å². The number of nitrogens with zero attached hydrogens (tertiary/aromatic N) is 2. The highest BCUT2D eigenvalue weighted by Crippen LogP contribution is 2.51. The van der Waals surface area contributed by atoms with Gasteiger partial charge in [0.15, 0.2) is 11.4 Å². The number of aryl methyl sites for hydroxylation is 1. The standard InChI is InChI=1S/C30H35N2/c1-22-12-6-11-19-27(22)32-23(2)28-30(26-17-9-10-18-26,25-15-4-3-5-16-25)20-21-31(28)29(32)24-13-7-8-14-24/h3-6,11-12,15-16,19-21,24,26H,7-10,13-14,17-18H2,1-2H3/q+1. The summed E-state index contributed by atoms with van der Waals surface area (Å²) in [5.41, 5.74) is 7.14. The summed E-state index contributed by atoms with van der Waals surface area (Å²) < 4.78 is 5.26. The molecule has 2 nitrogen and oxygen atoms in total. The highest BCUT2D eigenvalue weighted by molar-refractivity contribution is 5.53. The van der Waals surface area contributed by atoms with Gasteiger partial charge < -0.3 is 0 Å². The zero-order valence-electron chi connectivity index (χ0n) is 19.6. The molecule has 0 bridgehead atoms. The molecule has 3 aromatic rings. The third-order valence-electron chi connectivity index (χ3n) is 8.60. The largest absolute Gasteiger partial charge is 0.269 e. The van der Waals surface area contributed by atoms with E-state index in [1.807, 2.05) is 0 Å². The van der Waals surface area contributed by atoms with E-state index < -0.39 is 0 Å². The summed E-state index contributed by atoms with van der Waals surface area (Å²) in [5, 5.41) is 0. The number of allylic oxidation sites excluding steroid dienone is 1. The van der Waals surface area contributed by atoms with Gasteiger partial charge in [0.1, 0.15) is 5.69 Å². The molecule has 2 aliphatic carbocycles. The summed E-state index contributed by atoms with van der Waals surface area (Å²) >= 11 is 0. The molecule has 0 spiro atoms. The molecule has 0 saturated heterocycles. The number of hydrogen-bond donors (Lipinski definition) is 0. The fraction of sp³-hybridized carbons (Fsp3) is 0.433. The lowest BCUT2D eigenvalue weighted by Crippen LogP contribution is -2.41. The van der Waals surface area contributed by atoms with Crippen LogP contribution in [-0.4, -0.2) is 4.57 Å². The van der Waals surface area contributed by atoms with Crippen LogP contribution in [0.15, 0.2) is 60.7 Å². The Labute approximate surface area is 192 Å². The van der Waals surface area contributed by atoms with Gasteiger partial charge in [0.25, 0.3) is 5.82 Å². The summed E-state index contributed by atoms with van der Waals surface area (Å²) in [6.07, 6.45) is 15.7. The van der Waals surface area contributed by atoms with Crippen molar-refractivity contribution in [3.63, 3.8) is 0 Å². The van der Waals surface area contributed by atoms with Gasteiger partial charge in [-0.1, -0.05) is 74.2 Å². The molecule has 2 fully saturated rings. The van der Waals surface area contributed by atoms with E-state index in [4.69, 9.17) is 0 Å². The van der Waals surface area contributed by atoms with Crippen molar-refractivity contribution in [2.24, 2.45) is 5.92 Å². The van der Waals surface area contributed by atoms with Gasteiger partial charge in [-0.05, 0) is 61.8 Å². The second-order valence-corrected chi connectivity index (χ2v) is 10.3. The minimum absolute atomic E-state index is 0.0108. The van der Waals surface area contributed by atoms with E-state index in [2.05, 4.69) is 89.9 Å². The number of rotatable bonds is 4. The molecule has 0 amide bonds. The molecule has 1 aromatic heterocycles. The predicted octanol–water partition coefficient (Wildman–Crippen LogP) is 7.00. The number of imidazole rings is 1. The zero-order valence-corrected chi connectivity index (χ0v) is 19.6. The van der Waals surface area contributed by atoms with E-state index in [1.54, 1.807) is 0 Å². The van der Waals surface area contributed by atoms with Crippen LogP contribution in [0.1, 0.15) is 85.6 Å². The molecule has 6 rings (SSSR count). The smallest absolute Gasteiger partial charge is 0.202 e. The summed E-state index contributed by atoms with van der Waals surface area (Å²) in [6.45, 7) is 4.65. The first-order valence-electron chi connectivity index (χ1n) is 12.7. The molecule has 0 radical (unpaired) electrons. The third-order valence-corrected chi connectivity index (χ3v) is 8.60. The first-order chi connectivity index (χ1) is 15.7. The molecule has 2 saturated carbocycles. The van der Waals surface area contributed by atoms with Gasteiger partial charge in [-0.25, -0.2) is 4.57 Å². The first kappa shape index (κ1) is 20.0. The van der Waals surface area contributed by atoms with Gasteiger partial charge in [-0.3, -0.25) is 0 Å². The van der Waals surface area contributed by atoms with Crippen molar-refractivity contribution in [3.8, 4) is 5.69 Å². The molecule has 0 N–H and O–H groups in total. The maximum Gasteiger partial charge on any atom is 0.269 e. The number of para-hydroxylation sites is 1. The second-order valence-electron chi connectivity index (χ2n) is 10.3. The van der Waals surface area contributed by atoms with Crippen molar-refractivity contribution in [2.75, 3.05) is 0 Å². The Morgan fingerprint density at radius 1 is 0.812 bits per heavy atom. The molecule has 32 heavy (non-hydrogen) atoms. The Balaban J connectivity index is 1.66. The fourth-order valence-electron chi connectivity index (χ4n) is 7.17. The molecule has 1 atom stereocenters. The minimum atomic E-state index is -0.0108. The molecule has 3 aliphatic rings. The molecular formula is C30H35N2+. The molecule has 2 aromatic carbocycles. The van der Waals surface area contributed by atoms with Crippen LogP contribution in [0.3, 0.4) is 0 Å². The summed E-state index contributed by atoms with van der Waals surface area (Å²) in [6, 6.07) is 20.3. The van der Waals surface area contributed by atoms with Crippen molar-refractivity contribution in [3.05, 3.63) is 89.0 Å². The average Bonchev–Trinajstić information content (AvgIpc) is 3.61. The fourth-order valence-corrected chi connectivity index (χ4v) is 7.17. The monoisotopic (exact) mass is 423 g/mol. The number of fused-ring (bicyclic) bond motifs is 1. The lowest BCUT2D eigenvalue weighted by Gasteiger charge is -2.32. The molecule has 164 valence electrons. The highest BCUT2D eigenvalue weighted by atomic mass is 15.2. The maximum atomic E-state index is 2.64. The SMILES string of the molecule is Cc1ccccc1-n1c(C)c2[n+](c1C1CCCC1)C=CC2(c1ccccc1)C1CCCC1. The Morgan fingerprint density at radius 2 is 1.47 bits per heavy atom. The van der Waals surface area contributed by atoms with E-state index in [9.17, 15) is 0 Å². The van der Waals surface area contributed by atoms with Gasteiger partial charge in [0, 0.05) is 6.92 Å². The second kappa shape index (κ2) is 7.76. The van der Waals surface area contributed by atoms with Crippen molar-refractivity contribution < 1.29 is 4.57 Å². The van der Waals surface area contributed by atoms with Gasteiger partial charge in [0.2, 0.25) is 0 Å². The van der Waals surface area contributed by atoms with E-state index >= 15 is 0 Å². The third kappa shape index (κ3) is 2.81. The van der Waals surface area contributed by atoms with Crippen LogP contribution in [-0.2, 0) is 5.41 Å². The van der Waals surface area contributed by atoms with Gasteiger partial charge in [0.05, 0.1) is 17.5 Å². The molecule has 2 heterocycles. The van der Waals surface area contributed by atoms with E-state index in [0.29, 0.717) is 11.8 Å². The van der Waals surface area contributed by atoms with Crippen LogP contribution in [0.25, 0.3) is 11.9 Å². The van der Waals surface area contributed by atoms with Crippen LogP contribution in [0, 0.1) is 19.8 Å². The van der Waals surface area contributed by atoms with Crippen molar-refractivity contribution in [2.45, 2.75) is 76.5 Å². The first-order valence-corrected chi connectivity index (χ1v) is 12.7. The molecule has 1 unspecified atom stereocenters. The Bertz CT molecular complexity index is 1160. The van der Waals surface area contributed by atoms with Crippen LogP contribution in [0.4, 0.5) is 0 Å². The average molecular weight is 424 g/mol. The van der Waals surface area contributed by atoms with Crippen molar-refractivity contribution in [1.29, 1.82) is 0 Å². The quantitative estimate of drug-likeness (QED) is 0.400. The summed E-state index contributed by atoms with van der Waals surface area (Å²) in [4.78, 5) is 0. The van der Waals surface area contributed by atoms with E-state index in [-0.39, 0.29) is 5.41 Å². The number of aromatic nitrogens is 2. The number of benzene rings is 2. The minimum Gasteiger partial charge on any atom is -0.202 e. The Kier molecular flexibility index (Phi) is 4.86. The van der Waals surface area contributed by atoms with Gasteiger partial charge in [-0.15, -0.1) is 0 Å². The van der Waals surface area contributed by atoms with E-state index in [0.717, 1.165) is 0 Å². The van der Waals surface area contributed by atoms with Gasteiger partial charge in [-0.2, -0.15) is 4.57 Å². The summed E-state index contributed by atoms with van der Waals surface area (Å²) in [5.74, 6) is 2.83. The van der Waals surface area contributed by atoms with Crippen LogP contribution in [0.2, 0.25) is 0 Å². The predicted molar refractivity (Wildman–Crippen MR) is 131 cm³/mol. The van der Waals surface area contributed by atoms with Crippen LogP contribution < -0.4 is 4.57 Å². The lowest BCUT2D eigenvalue weighted by molar-refractivity contribution is -0.584. The zero-order chi connectivity index (χ0) is 21.7. The maximum absolute atomic E-state index is 2.64. The lowest BCUT2D eigenvalue weighted by atomic mass is 9.67. The Hall–Kier alpha value is -2.61. The van der Waals surface area contributed by atoms with Gasteiger partial charge >= 0.3 is 0 Å². The normalized spacial score (nSPS) is 23.3. The molecular weight excluding hydrogens is 388 g/mol. The van der Waals surface area contributed by atoms with Crippen molar-refractivity contribution >= 4 is 6.20 Å². The van der Waals surface area contributed by atoms with Crippen LogP contribution >= 0.6 is 0 Å². The van der Waals surface area contributed by atoms with E-state index in [1.165, 1.54) is 85.4 Å². The molecule has 2 heteroatoms. The topological polar surface area (TPSA) is 8.81 Å². The van der Waals surface area contributed by atoms with Crippen molar-refractivity contribution in [1.82, 2.24) is 4.57 Å². The number of hydrogen-bond acceptors (Lipinski definition) is 0. The summed E-state index contributed by atoms with van der Waals surface area (Å²) in [7, 11) is 0.